The normalized spacial score (nSPS) is 19.5. The minimum Gasteiger partial charge on any atom is -0.354 e. The molecule has 0 atom stereocenters. The quantitative estimate of drug-likeness (QED) is 0.852. The second-order valence-corrected chi connectivity index (χ2v) is 7.01. The van der Waals surface area contributed by atoms with E-state index >= 15 is 0 Å². The van der Waals surface area contributed by atoms with Crippen molar-refractivity contribution < 1.29 is 18.0 Å². The summed E-state index contributed by atoms with van der Waals surface area (Å²) in [6, 6.07) is 1.15. The van der Waals surface area contributed by atoms with Gasteiger partial charge in [-0.2, -0.15) is 18.3 Å². The van der Waals surface area contributed by atoms with Crippen LogP contribution in [0, 0.1) is 5.92 Å². The summed E-state index contributed by atoms with van der Waals surface area (Å²) >= 11 is 0. The number of nitrogens with zero attached hydrogens (tertiary/aromatic N) is 2. The van der Waals surface area contributed by atoms with E-state index in [4.69, 9.17) is 0 Å². The fraction of sp³-hybridized carbons (Fsp3) is 0.765. The Kier molecular flexibility index (Phi) is 5.15. The number of carbonyl (C=O) groups excluding carboxylic acids is 1. The first-order chi connectivity index (χ1) is 11.4. The number of carbonyl (C=O) groups is 1. The molecule has 0 radical (unpaired) electrons. The third-order valence-corrected chi connectivity index (χ3v) is 4.94. The number of alkyl halides is 3. The van der Waals surface area contributed by atoms with Gasteiger partial charge in [0.15, 0.2) is 5.69 Å². The van der Waals surface area contributed by atoms with Crippen LogP contribution in [0.4, 0.5) is 13.2 Å². The summed E-state index contributed by atoms with van der Waals surface area (Å²) in [7, 11) is 0. The molecule has 0 bridgehead atoms. The van der Waals surface area contributed by atoms with Crippen LogP contribution in [0.2, 0.25) is 0 Å². The minimum absolute atomic E-state index is 0.00178. The first kappa shape index (κ1) is 17.3. The Labute approximate surface area is 139 Å². The van der Waals surface area contributed by atoms with E-state index in [0.29, 0.717) is 31.1 Å². The van der Waals surface area contributed by atoms with Crippen LogP contribution in [-0.4, -0.2) is 22.2 Å². The van der Waals surface area contributed by atoms with Gasteiger partial charge < -0.3 is 5.32 Å². The van der Waals surface area contributed by atoms with E-state index in [0.717, 1.165) is 31.7 Å². The molecule has 2 aliphatic carbocycles. The van der Waals surface area contributed by atoms with Gasteiger partial charge in [0.05, 0.1) is 6.54 Å². The lowest BCUT2D eigenvalue weighted by molar-refractivity contribution is -0.141. The average Bonchev–Trinajstić information content (AvgIpc) is 3.27. The zero-order chi connectivity index (χ0) is 17.2. The molecule has 1 aromatic rings. The number of aromatic nitrogens is 2. The lowest BCUT2D eigenvalue weighted by Crippen LogP contribution is -2.30. The smallest absolute Gasteiger partial charge is 0.354 e. The van der Waals surface area contributed by atoms with Gasteiger partial charge in [-0.25, -0.2) is 0 Å². The van der Waals surface area contributed by atoms with E-state index in [1.54, 1.807) is 0 Å². The van der Waals surface area contributed by atoms with Gasteiger partial charge in [0.25, 0.3) is 0 Å². The van der Waals surface area contributed by atoms with E-state index in [1.807, 2.05) is 0 Å². The predicted octanol–water partition coefficient (Wildman–Crippen LogP) is 3.87. The third kappa shape index (κ3) is 4.51. The Morgan fingerprint density at radius 3 is 2.54 bits per heavy atom. The molecule has 2 fully saturated rings. The highest BCUT2D eigenvalue weighted by Crippen LogP contribution is 2.42. The maximum Gasteiger partial charge on any atom is 0.435 e. The Morgan fingerprint density at radius 1 is 1.21 bits per heavy atom. The fourth-order valence-corrected chi connectivity index (χ4v) is 3.48. The molecule has 1 amide bonds. The Hall–Kier alpha value is -1.53. The Morgan fingerprint density at radius 2 is 1.92 bits per heavy atom. The van der Waals surface area contributed by atoms with Crippen molar-refractivity contribution in [3.63, 3.8) is 0 Å². The third-order valence-electron chi connectivity index (χ3n) is 4.94. The fourth-order valence-electron chi connectivity index (χ4n) is 3.48. The Bertz CT molecular complexity index is 572. The molecule has 0 aliphatic heterocycles. The Balaban J connectivity index is 1.50. The van der Waals surface area contributed by atoms with Gasteiger partial charge in [0, 0.05) is 24.6 Å². The van der Waals surface area contributed by atoms with Crippen LogP contribution < -0.4 is 5.32 Å². The number of hydrogen-bond donors (Lipinski definition) is 1. The molecule has 0 spiro atoms. The van der Waals surface area contributed by atoms with Crippen molar-refractivity contribution in [3.8, 4) is 0 Å². The average molecular weight is 343 g/mol. The van der Waals surface area contributed by atoms with E-state index < -0.39 is 11.9 Å². The predicted molar refractivity (Wildman–Crippen MR) is 83.4 cm³/mol. The van der Waals surface area contributed by atoms with Crippen LogP contribution in [0.1, 0.15) is 68.7 Å². The molecular formula is C17H24F3N3O. The molecular weight excluding hydrogens is 319 g/mol. The van der Waals surface area contributed by atoms with Crippen LogP contribution in [0.15, 0.2) is 6.07 Å². The van der Waals surface area contributed by atoms with E-state index in [1.165, 1.54) is 23.9 Å². The molecule has 134 valence electrons. The van der Waals surface area contributed by atoms with Crippen molar-refractivity contribution in [2.45, 2.75) is 70.0 Å². The van der Waals surface area contributed by atoms with Gasteiger partial charge in [0.1, 0.15) is 0 Å². The van der Waals surface area contributed by atoms with Gasteiger partial charge in [0.2, 0.25) is 5.91 Å². The molecule has 3 rings (SSSR count). The summed E-state index contributed by atoms with van der Waals surface area (Å²) in [5, 5.41) is 6.53. The zero-order valence-corrected chi connectivity index (χ0v) is 13.7. The molecule has 1 heterocycles. The largest absolute Gasteiger partial charge is 0.435 e. The maximum atomic E-state index is 12.8. The molecule has 2 aliphatic rings. The molecule has 0 unspecified atom stereocenters. The van der Waals surface area contributed by atoms with Crippen LogP contribution in [0.3, 0.4) is 0 Å². The van der Waals surface area contributed by atoms with Crippen molar-refractivity contribution in [1.82, 2.24) is 15.1 Å². The lowest BCUT2D eigenvalue weighted by Gasteiger charge is -2.20. The summed E-state index contributed by atoms with van der Waals surface area (Å²) in [5.41, 5.74) is -0.193. The summed E-state index contributed by atoms with van der Waals surface area (Å²) in [5.74, 6) is 0.645. The second kappa shape index (κ2) is 7.15. The SMILES string of the molecule is O=C(CC1CCCCC1)NCCn1nc(C(F)(F)F)cc1C1CC1. The highest BCUT2D eigenvalue weighted by Gasteiger charge is 2.37. The number of rotatable bonds is 6. The van der Waals surface area contributed by atoms with Gasteiger partial charge in [-0.1, -0.05) is 19.3 Å². The van der Waals surface area contributed by atoms with Gasteiger partial charge in [-0.3, -0.25) is 9.48 Å². The van der Waals surface area contributed by atoms with Crippen LogP contribution in [0.5, 0.6) is 0 Å². The van der Waals surface area contributed by atoms with Crippen molar-refractivity contribution in [2.24, 2.45) is 5.92 Å². The van der Waals surface area contributed by atoms with Crippen molar-refractivity contribution in [3.05, 3.63) is 17.5 Å². The molecule has 0 aromatic carbocycles. The van der Waals surface area contributed by atoms with Gasteiger partial charge in [-0.15, -0.1) is 0 Å². The molecule has 2 saturated carbocycles. The first-order valence-electron chi connectivity index (χ1n) is 8.85. The highest BCUT2D eigenvalue weighted by atomic mass is 19.4. The summed E-state index contributed by atoms with van der Waals surface area (Å²) < 4.78 is 39.9. The van der Waals surface area contributed by atoms with Crippen LogP contribution >= 0.6 is 0 Å². The monoisotopic (exact) mass is 343 g/mol. The van der Waals surface area contributed by atoms with E-state index in [2.05, 4.69) is 10.4 Å². The van der Waals surface area contributed by atoms with Crippen LogP contribution in [-0.2, 0) is 17.5 Å². The van der Waals surface area contributed by atoms with E-state index in [9.17, 15) is 18.0 Å². The number of nitrogens with one attached hydrogen (secondary N) is 1. The van der Waals surface area contributed by atoms with Gasteiger partial charge >= 0.3 is 6.18 Å². The van der Waals surface area contributed by atoms with Crippen LogP contribution in [0.25, 0.3) is 0 Å². The standard InChI is InChI=1S/C17H24F3N3O/c18-17(19,20)15-11-14(13-6-7-13)23(22-15)9-8-21-16(24)10-12-4-2-1-3-5-12/h11-13H,1-10H2,(H,21,24). The first-order valence-corrected chi connectivity index (χ1v) is 8.85. The molecule has 7 heteroatoms. The molecule has 24 heavy (non-hydrogen) atoms. The molecule has 0 saturated heterocycles. The summed E-state index contributed by atoms with van der Waals surface area (Å²) in [4.78, 5) is 12.0. The number of hydrogen-bond acceptors (Lipinski definition) is 2. The maximum absolute atomic E-state index is 12.8. The minimum atomic E-state index is -4.42. The number of amides is 1. The highest BCUT2D eigenvalue weighted by molar-refractivity contribution is 5.76. The second-order valence-electron chi connectivity index (χ2n) is 7.01. The molecule has 1 aromatic heterocycles. The van der Waals surface area contributed by atoms with Crippen molar-refractivity contribution in [1.29, 1.82) is 0 Å². The molecule has 4 nitrogen and oxygen atoms in total. The van der Waals surface area contributed by atoms with Crippen molar-refractivity contribution in [2.75, 3.05) is 6.54 Å². The van der Waals surface area contributed by atoms with E-state index in [-0.39, 0.29) is 11.8 Å². The molecule has 1 N–H and O–H groups in total. The van der Waals surface area contributed by atoms with Gasteiger partial charge in [-0.05, 0) is 37.7 Å². The number of halogens is 3. The topological polar surface area (TPSA) is 46.9 Å². The van der Waals surface area contributed by atoms with Crippen molar-refractivity contribution >= 4 is 5.91 Å². The lowest BCUT2D eigenvalue weighted by atomic mass is 9.87. The summed E-state index contributed by atoms with van der Waals surface area (Å²) in [6.45, 7) is 0.614. The summed E-state index contributed by atoms with van der Waals surface area (Å²) in [6.07, 6.45) is 3.78. The zero-order valence-electron chi connectivity index (χ0n) is 13.7.